The molecule has 5 heteroatoms. The molecule has 0 aliphatic carbocycles. The summed E-state index contributed by atoms with van der Waals surface area (Å²) in [5.41, 5.74) is 6.88. The molecule has 1 heterocycles. The van der Waals surface area contributed by atoms with Crippen LogP contribution in [0.15, 0.2) is 12.1 Å². The molecule has 3 N–H and O–H groups in total. The van der Waals surface area contributed by atoms with Crippen molar-refractivity contribution < 1.29 is 13.9 Å². The van der Waals surface area contributed by atoms with Crippen LogP contribution in [0.2, 0.25) is 0 Å². The Morgan fingerprint density at radius 3 is 3.00 bits per heavy atom. The second-order valence-corrected chi connectivity index (χ2v) is 4.67. The largest absolute Gasteiger partial charge is 0.491 e. The lowest BCUT2D eigenvalue weighted by Gasteiger charge is -2.23. The van der Waals surface area contributed by atoms with Gasteiger partial charge in [-0.25, -0.2) is 4.39 Å². The van der Waals surface area contributed by atoms with Gasteiger partial charge in [-0.2, -0.15) is 0 Å². The number of nitrogens with one attached hydrogen (secondary N) is 1. The van der Waals surface area contributed by atoms with E-state index < -0.39 is 5.82 Å². The van der Waals surface area contributed by atoms with Crippen LogP contribution in [0.5, 0.6) is 5.75 Å². The van der Waals surface area contributed by atoms with Crippen LogP contribution < -0.4 is 15.8 Å². The van der Waals surface area contributed by atoms with E-state index >= 15 is 0 Å². The van der Waals surface area contributed by atoms with Crippen molar-refractivity contribution in [1.29, 1.82) is 0 Å². The van der Waals surface area contributed by atoms with Crippen molar-refractivity contribution in [3.63, 3.8) is 0 Å². The van der Waals surface area contributed by atoms with Crippen molar-refractivity contribution in [2.75, 3.05) is 30.8 Å². The Bertz CT molecular complexity index is 420. The van der Waals surface area contributed by atoms with Gasteiger partial charge in [0.15, 0.2) is 11.6 Å². The Kier molecular flexibility index (Phi) is 4.85. The normalized spacial score (nSPS) is 19.2. The molecule has 0 spiro atoms. The van der Waals surface area contributed by atoms with Gasteiger partial charge in [0, 0.05) is 25.3 Å². The number of nitrogens with two attached hydrogens (primary N) is 1. The lowest BCUT2D eigenvalue weighted by Crippen LogP contribution is -2.27. The van der Waals surface area contributed by atoms with E-state index in [1.165, 1.54) is 12.5 Å². The molecule has 19 heavy (non-hydrogen) atoms. The van der Waals surface area contributed by atoms with Gasteiger partial charge in [0.2, 0.25) is 0 Å². The van der Waals surface area contributed by atoms with Crippen molar-refractivity contribution in [3.8, 4) is 5.75 Å². The van der Waals surface area contributed by atoms with Gasteiger partial charge in [-0.15, -0.1) is 0 Å². The zero-order valence-electron chi connectivity index (χ0n) is 11.2. The van der Waals surface area contributed by atoms with Gasteiger partial charge in [-0.1, -0.05) is 0 Å². The third-order valence-electron chi connectivity index (χ3n) is 3.20. The predicted octanol–water partition coefficient (Wildman–Crippen LogP) is 2.79. The van der Waals surface area contributed by atoms with E-state index in [9.17, 15) is 4.39 Å². The highest BCUT2D eigenvalue weighted by Crippen LogP contribution is 2.28. The highest BCUT2D eigenvalue weighted by molar-refractivity contribution is 5.68. The highest BCUT2D eigenvalue weighted by Gasteiger charge is 2.15. The van der Waals surface area contributed by atoms with E-state index in [1.807, 2.05) is 6.92 Å². The lowest BCUT2D eigenvalue weighted by atomic mass is 10.1. The third kappa shape index (κ3) is 3.73. The van der Waals surface area contributed by atoms with Gasteiger partial charge >= 0.3 is 0 Å². The molecule has 1 aromatic carbocycles. The van der Waals surface area contributed by atoms with Gasteiger partial charge in [-0.05, 0) is 26.2 Å². The number of nitrogen functional groups attached to an aromatic ring is 1. The first-order chi connectivity index (χ1) is 9.20. The monoisotopic (exact) mass is 268 g/mol. The Morgan fingerprint density at radius 2 is 2.32 bits per heavy atom. The maximum Gasteiger partial charge on any atom is 0.167 e. The molecular weight excluding hydrogens is 247 g/mol. The van der Waals surface area contributed by atoms with Gasteiger partial charge in [-0.3, -0.25) is 0 Å². The van der Waals surface area contributed by atoms with Crippen LogP contribution in [0.4, 0.5) is 15.8 Å². The molecule has 1 aromatic rings. The summed E-state index contributed by atoms with van der Waals surface area (Å²) in [5.74, 6) is -0.206. The fraction of sp³-hybridized carbons (Fsp3) is 0.571. The number of ether oxygens (including phenoxy) is 2. The van der Waals surface area contributed by atoms with E-state index in [4.69, 9.17) is 15.2 Å². The molecule has 1 atom stereocenters. The summed E-state index contributed by atoms with van der Waals surface area (Å²) < 4.78 is 24.4. The number of halogens is 1. The topological polar surface area (TPSA) is 56.5 Å². The molecule has 0 radical (unpaired) electrons. The fourth-order valence-corrected chi connectivity index (χ4v) is 2.18. The van der Waals surface area contributed by atoms with Crippen molar-refractivity contribution in [3.05, 3.63) is 17.9 Å². The minimum atomic E-state index is -0.432. The zero-order chi connectivity index (χ0) is 13.7. The van der Waals surface area contributed by atoms with Crippen molar-refractivity contribution in [2.45, 2.75) is 32.3 Å². The van der Waals surface area contributed by atoms with Gasteiger partial charge in [0.05, 0.1) is 24.1 Å². The quantitative estimate of drug-likeness (QED) is 0.806. The second kappa shape index (κ2) is 6.61. The van der Waals surface area contributed by atoms with Crippen LogP contribution in [0.3, 0.4) is 0 Å². The average Bonchev–Trinajstić information content (AvgIpc) is 2.42. The van der Waals surface area contributed by atoms with Gasteiger partial charge in [0.25, 0.3) is 0 Å². The third-order valence-corrected chi connectivity index (χ3v) is 3.20. The molecule has 1 saturated heterocycles. The summed E-state index contributed by atoms with van der Waals surface area (Å²) in [6, 6.07) is 2.89. The van der Waals surface area contributed by atoms with Crippen LogP contribution in [-0.2, 0) is 4.74 Å². The average molecular weight is 268 g/mol. The van der Waals surface area contributed by atoms with E-state index in [-0.39, 0.29) is 11.9 Å². The summed E-state index contributed by atoms with van der Waals surface area (Å²) in [4.78, 5) is 0. The maximum absolute atomic E-state index is 13.6. The SMILES string of the molecule is CCOc1cc(NCC2CCCCO2)c(N)cc1F. The van der Waals surface area contributed by atoms with Gasteiger partial charge in [0.1, 0.15) is 0 Å². The Morgan fingerprint density at radius 1 is 1.47 bits per heavy atom. The smallest absolute Gasteiger partial charge is 0.167 e. The summed E-state index contributed by atoms with van der Waals surface area (Å²) in [6.07, 6.45) is 3.57. The number of hydrogen-bond donors (Lipinski definition) is 2. The molecule has 2 rings (SSSR count). The predicted molar refractivity (Wildman–Crippen MR) is 74.1 cm³/mol. The molecule has 4 nitrogen and oxygen atoms in total. The standard InChI is InChI=1S/C14H21FN2O2/c1-2-18-14-8-13(12(16)7-11(14)15)17-9-10-5-3-4-6-19-10/h7-8,10,17H,2-6,9,16H2,1H3. The Hall–Kier alpha value is -1.49. The zero-order valence-corrected chi connectivity index (χ0v) is 11.2. The fourth-order valence-electron chi connectivity index (χ4n) is 2.18. The highest BCUT2D eigenvalue weighted by atomic mass is 19.1. The second-order valence-electron chi connectivity index (χ2n) is 4.67. The minimum Gasteiger partial charge on any atom is -0.491 e. The van der Waals surface area contributed by atoms with Crippen molar-refractivity contribution in [1.82, 2.24) is 0 Å². The molecule has 0 saturated carbocycles. The summed E-state index contributed by atoms with van der Waals surface area (Å²) in [7, 11) is 0. The molecule has 0 amide bonds. The van der Waals surface area contributed by atoms with Gasteiger partial charge < -0.3 is 20.5 Å². The number of rotatable bonds is 5. The maximum atomic E-state index is 13.6. The lowest BCUT2D eigenvalue weighted by molar-refractivity contribution is 0.0248. The Labute approximate surface area is 113 Å². The van der Waals surface area contributed by atoms with Crippen LogP contribution in [-0.4, -0.2) is 25.9 Å². The Balaban J connectivity index is 2.00. The molecule has 1 aliphatic rings. The molecule has 106 valence electrons. The first-order valence-electron chi connectivity index (χ1n) is 6.78. The number of hydrogen-bond acceptors (Lipinski definition) is 4. The summed E-state index contributed by atoms with van der Waals surface area (Å²) in [6.45, 7) is 3.74. The molecule has 0 bridgehead atoms. The molecule has 1 aliphatic heterocycles. The molecule has 0 aromatic heterocycles. The summed E-state index contributed by atoms with van der Waals surface area (Å²) >= 11 is 0. The first-order valence-corrected chi connectivity index (χ1v) is 6.78. The summed E-state index contributed by atoms with van der Waals surface area (Å²) in [5, 5.41) is 3.21. The number of benzene rings is 1. The van der Waals surface area contributed by atoms with E-state index in [1.54, 1.807) is 6.07 Å². The van der Waals surface area contributed by atoms with Crippen LogP contribution in [0, 0.1) is 5.82 Å². The van der Waals surface area contributed by atoms with Crippen LogP contribution >= 0.6 is 0 Å². The number of anilines is 2. The van der Waals surface area contributed by atoms with E-state index in [2.05, 4.69) is 5.32 Å². The van der Waals surface area contributed by atoms with Crippen LogP contribution in [0.25, 0.3) is 0 Å². The van der Waals surface area contributed by atoms with Crippen LogP contribution in [0.1, 0.15) is 26.2 Å². The first kappa shape index (κ1) is 13.9. The molecular formula is C14H21FN2O2. The molecule has 1 fully saturated rings. The van der Waals surface area contributed by atoms with Crippen molar-refractivity contribution >= 4 is 11.4 Å². The molecule has 1 unspecified atom stereocenters. The van der Waals surface area contributed by atoms with Crippen molar-refractivity contribution in [2.24, 2.45) is 0 Å². The van der Waals surface area contributed by atoms with E-state index in [0.717, 1.165) is 19.4 Å². The van der Waals surface area contributed by atoms with E-state index in [0.29, 0.717) is 24.5 Å². The minimum absolute atomic E-state index is 0.203.